The quantitative estimate of drug-likeness (QED) is 0.884. The number of carbonyl (C=O) groups excluding carboxylic acids is 1. The van der Waals surface area contributed by atoms with Crippen molar-refractivity contribution in [3.05, 3.63) is 35.5 Å². The molecule has 2 aromatic heterocycles. The molecule has 0 bridgehead atoms. The second-order valence-electron chi connectivity index (χ2n) is 5.61. The van der Waals surface area contributed by atoms with Crippen LogP contribution in [-0.2, 0) is 6.42 Å². The maximum Gasteiger partial charge on any atom is 0.321 e. The zero-order chi connectivity index (χ0) is 16.1. The summed E-state index contributed by atoms with van der Waals surface area (Å²) in [6.45, 7) is 3.80. The summed E-state index contributed by atoms with van der Waals surface area (Å²) < 4.78 is 0. The van der Waals surface area contributed by atoms with Crippen LogP contribution in [0.2, 0.25) is 0 Å². The molecule has 2 amide bonds. The van der Waals surface area contributed by atoms with Crippen LogP contribution < -0.4 is 15.5 Å². The van der Waals surface area contributed by atoms with Gasteiger partial charge in [-0.25, -0.2) is 14.8 Å². The predicted molar refractivity (Wildman–Crippen MR) is 93.1 cm³/mol. The molecule has 1 fully saturated rings. The molecule has 2 aromatic rings. The van der Waals surface area contributed by atoms with Crippen LogP contribution in [0, 0.1) is 0 Å². The molecule has 0 spiro atoms. The Balaban J connectivity index is 1.48. The average Bonchev–Trinajstić information content (AvgIpc) is 3.18. The Kier molecular flexibility index (Phi) is 5.07. The highest BCUT2D eigenvalue weighted by Gasteiger charge is 2.24. The smallest absolute Gasteiger partial charge is 0.321 e. The number of rotatable bonds is 5. The van der Waals surface area contributed by atoms with E-state index in [1.165, 1.54) is 11.3 Å². The molecule has 6 nitrogen and oxygen atoms in total. The molecule has 2 N–H and O–H groups in total. The van der Waals surface area contributed by atoms with Gasteiger partial charge >= 0.3 is 6.03 Å². The molecule has 7 heteroatoms. The molecule has 122 valence electrons. The van der Waals surface area contributed by atoms with Crippen molar-refractivity contribution in [2.45, 2.75) is 32.2 Å². The van der Waals surface area contributed by atoms with Gasteiger partial charge in [-0.2, -0.15) is 0 Å². The summed E-state index contributed by atoms with van der Waals surface area (Å²) in [5, 5.41) is 8.50. The predicted octanol–water partition coefficient (Wildman–Crippen LogP) is 2.89. The van der Waals surface area contributed by atoms with Crippen LogP contribution >= 0.6 is 11.3 Å². The Bertz CT molecular complexity index is 645. The van der Waals surface area contributed by atoms with Crippen molar-refractivity contribution in [1.29, 1.82) is 0 Å². The number of nitrogens with one attached hydrogen (secondary N) is 2. The van der Waals surface area contributed by atoms with Crippen molar-refractivity contribution >= 4 is 28.3 Å². The lowest BCUT2D eigenvalue weighted by atomic mass is 10.3. The number of aromatic nitrogens is 2. The minimum atomic E-state index is -0.185. The van der Waals surface area contributed by atoms with Gasteiger partial charge in [-0.3, -0.25) is 5.32 Å². The molecule has 0 unspecified atom stereocenters. The number of carbonyl (C=O) groups is 1. The number of nitrogens with zero attached hydrogens (tertiary/aromatic N) is 3. The molecular weight excluding hydrogens is 310 g/mol. The monoisotopic (exact) mass is 331 g/mol. The normalized spacial score (nSPS) is 17.3. The molecule has 23 heavy (non-hydrogen) atoms. The number of aryl methyl sites for hydroxylation is 1. The molecule has 3 rings (SSSR count). The third-order valence-corrected chi connectivity index (χ3v) is 4.58. The van der Waals surface area contributed by atoms with E-state index < -0.39 is 0 Å². The first kappa shape index (κ1) is 15.7. The number of pyridine rings is 1. The van der Waals surface area contributed by atoms with Crippen molar-refractivity contribution in [2.75, 3.05) is 23.3 Å². The van der Waals surface area contributed by atoms with Crippen LogP contribution in [-0.4, -0.2) is 35.1 Å². The van der Waals surface area contributed by atoms with E-state index in [2.05, 4.69) is 32.4 Å². The molecule has 1 aliphatic rings. The summed E-state index contributed by atoms with van der Waals surface area (Å²) in [7, 11) is 0. The third kappa shape index (κ3) is 4.19. The summed E-state index contributed by atoms with van der Waals surface area (Å²) in [5.41, 5.74) is 1.04. The van der Waals surface area contributed by atoms with Crippen molar-refractivity contribution < 1.29 is 4.79 Å². The van der Waals surface area contributed by atoms with E-state index in [1.54, 1.807) is 6.20 Å². The first-order valence-corrected chi connectivity index (χ1v) is 8.80. The largest absolute Gasteiger partial charge is 0.354 e. The van der Waals surface area contributed by atoms with Gasteiger partial charge in [0.2, 0.25) is 0 Å². The van der Waals surface area contributed by atoms with E-state index in [4.69, 9.17) is 0 Å². The standard InChI is InChI=1S/C16H21N5OS/c1-2-5-13-11-23-16(19-13)20-15(22)18-12-7-9-21(10-12)14-6-3-4-8-17-14/h3-4,6,8,11-12H,2,5,7,9-10H2,1H3,(H2,18,19,20,22)/t12-/m1/s1. The average molecular weight is 331 g/mol. The van der Waals surface area contributed by atoms with Gasteiger partial charge in [-0.05, 0) is 25.0 Å². The zero-order valence-electron chi connectivity index (χ0n) is 13.2. The van der Waals surface area contributed by atoms with Crippen LogP contribution in [0.3, 0.4) is 0 Å². The Morgan fingerprint density at radius 3 is 3.17 bits per heavy atom. The van der Waals surface area contributed by atoms with Crippen molar-refractivity contribution in [1.82, 2.24) is 15.3 Å². The Hall–Kier alpha value is -2.15. The van der Waals surface area contributed by atoms with Crippen molar-refractivity contribution in [2.24, 2.45) is 0 Å². The summed E-state index contributed by atoms with van der Waals surface area (Å²) in [5.74, 6) is 0.960. The summed E-state index contributed by atoms with van der Waals surface area (Å²) in [4.78, 5) is 23.0. The topological polar surface area (TPSA) is 70.2 Å². The Morgan fingerprint density at radius 2 is 2.39 bits per heavy atom. The first-order chi connectivity index (χ1) is 11.2. The van der Waals surface area contributed by atoms with Gasteiger partial charge in [0.05, 0.1) is 5.69 Å². The van der Waals surface area contributed by atoms with E-state index in [9.17, 15) is 4.79 Å². The van der Waals surface area contributed by atoms with Gasteiger partial charge in [0, 0.05) is 30.7 Å². The second-order valence-corrected chi connectivity index (χ2v) is 6.47. The number of hydrogen-bond donors (Lipinski definition) is 2. The van der Waals surface area contributed by atoms with Crippen molar-refractivity contribution in [3.8, 4) is 0 Å². The molecule has 0 aliphatic carbocycles. The molecule has 1 saturated heterocycles. The lowest BCUT2D eigenvalue weighted by molar-refractivity contribution is 0.249. The fourth-order valence-electron chi connectivity index (χ4n) is 2.68. The number of anilines is 2. The van der Waals surface area contributed by atoms with Crippen LogP contribution in [0.5, 0.6) is 0 Å². The lowest BCUT2D eigenvalue weighted by Crippen LogP contribution is -2.39. The lowest BCUT2D eigenvalue weighted by Gasteiger charge is -2.17. The molecule has 1 atom stereocenters. The summed E-state index contributed by atoms with van der Waals surface area (Å²) >= 11 is 1.47. The Labute approximate surface area is 140 Å². The molecule has 3 heterocycles. The van der Waals surface area contributed by atoms with E-state index >= 15 is 0 Å². The van der Waals surface area contributed by atoms with Gasteiger partial charge in [0.25, 0.3) is 0 Å². The number of urea groups is 1. The van der Waals surface area contributed by atoms with Crippen LogP contribution in [0.1, 0.15) is 25.5 Å². The molecule has 0 aromatic carbocycles. The van der Waals surface area contributed by atoms with Crippen LogP contribution in [0.4, 0.5) is 15.7 Å². The third-order valence-electron chi connectivity index (χ3n) is 3.78. The highest BCUT2D eigenvalue weighted by atomic mass is 32.1. The molecular formula is C16H21N5OS. The minimum absolute atomic E-state index is 0.132. The zero-order valence-corrected chi connectivity index (χ0v) is 14.0. The van der Waals surface area contributed by atoms with Gasteiger partial charge in [0.1, 0.15) is 5.82 Å². The van der Waals surface area contributed by atoms with E-state index in [0.29, 0.717) is 5.13 Å². The summed E-state index contributed by atoms with van der Waals surface area (Å²) in [6.07, 6.45) is 4.71. The fraction of sp³-hybridized carbons (Fsp3) is 0.438. The maximum absolute atomic E-state index is 12.1. The Morgan fingerprint density at radius 1 is 1.48 bits per heavy atom. The minimum Gasteiger partial charge on any atom is -0.354 e. The molecule has 0 radical (unpaired) electrons. The first-order valence-electron chi connectivity index (χ1n) is 7.92. The number of thiazole rings is 1. The highest BCUT2D eigenvalue weighted by molar-refractivity contribution is 7.13. The van der Waals surface area contributed by atoms with Gasteiger partial charge in [-0.1, -0.05) is 19.4 Å². The number of amides is 2. The number of hydrogen-bond acceptors (Lipinski definition) is 5. The molecule has 0 saturated carbocycles. The van der Waals surface area contributed by atoms with Gasteiger partial charge in [-0.15, -0.1) is 11.3 Å². The maximum atomic E-state index is 12.1. The highest BCUT2D eigenvalue weighted by Crippen LogP contribution is 2.18. The van der Waals surface area contributed by atoms with Gasteiger partial charge in [0.15, 0.2) is 5.13 Å². The fourth-order valence-corrected chi connectivity index (χ4v) is 3.42. The SMILES string of the molecule is CCCc1csc(NC(=O)N[C@@H]2CCN(c3ccccn3)C2)n1. The molecule has 1 aliphatic heterocycles. The van der Waals surface area contributed by atoms with Crippen LogP contribution in [0.25, 0.3) is 0 Å². The van der Waals surface area contributed by atoms with E-state index in [0.717, 1.165) is 43.9 Å². The van der Waals surface area contributed by atoms with Gasteiger partial charge < -0.3 is 10.2 Å². The van der Waals surface area contributed by atoms with Crippen LogP contribution in [0.15, 0.2) is 29.8 Å². The van der Waals surface area contributed by atoms with E-state index in [-0.39, 0.29) is 12.1 Å². The van der Waals surface area contributed by atoms with E-state index in [1.807, 2.05) is 23.6 Å². The second kappa shape index (κ2) is 7.41. The summed E-state index contributed by atoms with van der Waals surface area (Å²) in [6, 6.07) is 5.82. The van der Waals surface area contributed by atoms with Crippen molar-refractivity contribution in [3.63, 3.8) is 0 Å².